The van der Waals surface area contributed by atoms with Gasteiger partial charge in [-0.1, -0.05) is 0 Å². The van der Waals surface area contributed by atoms with Crippen LogP contribution >= 0.6 is 0 Å². The summed E-state index contributed by atoms with van der Waals surface area (Å²) in [4.78, 5) is 51.4. The zero-order valence-electron chi connectivity index (χ0n) is 17.2. The Morgan fingerprint density at radius 1 is 1.31 bits per heavy atom. The van der Waals surface area contributed by atoms with Crippen LogP contribution in [0.15, 0.2) is 17.1 Å². The highest BCUT2D eigenvalue weighted by Gasteiger charge is 2.47. The number of rotatable bonds is 9. The molecule has 32 heavy (non-hydrogen) atoms. The summed E-state index contributed by atoms with van der Waals surface area (Å²) in [5, 5.41) is 37.8. The topological polar surface area (TPSA) is 244 Å². The molecule has 1 fully saturated rings. The number of nitrogens with two attached hydrogens (primary N) is 2. The maximum atomic E-state index is 12.6. The molecule has 1 aromatic rings. The number of anilines is 1. The summed E-state index contributed by atoms with van der Waals surface area (Å²) in [5.74, 6) is -2.41. The number of hydrogen-bond acceptors (Lipinski definition) is 11. The molecule has 0 bridgehead atoms. The lowest BCUT2D eigenvalue weighted by molar-refractivity contribution is -0.214. The van der Waals surface area contributed by atoms with Gasteiger partial charge in [0.15, 0.2) is 6.23 Å². The van der Waals surface area contributed by atoms with Crippen molar-refractivity contribution >= 4 is 23.5 Å². The molecule has 6 unspecified atom stereocenters. The van der Waals surface area contributed by atoms with Crippen molar-refractivity contribution in [2.45, 2.75) is 43.0 Å². The van der Waals surface area contributed by atoms with Crippen LogP contribution < -0.4 is 33.1 Å². The molecule has 2 heterocycles. The van der Waals surface area contributed by atoms with E-state index in [1.807, 2.05) is 0 Å². The summed E-state index contributed by atoms with van der Waals surface area (Å²) in [6.07, 6.45) is -5.50. The number of nitrogens with one attached hydrogen (secondary N) is 3. The Labute approximate surface area is 181 Å². The van der Waals surface area contributed by atoms with Gasteiger partial charge in [0.25, 0.3) is 0 Å². The van der Waals surface area contributed by atoms with Crippen molar-refractivity contribution in [2.75, 3.05) is 25.9 Å². The quantitative estimate of drug-likeness (QED) is 0.174. The van der Waals surface area contributed by atoms with Crippen molar-refractivity contribution in [1.82, 2.24) is 25.5 Å². The SMILES string of the molecule is CNCC(=O)NC(CO)C(=O)NC1C(CC(N)=O)OC(n2ccc(N)nc2=O)C(O)C1O. The minimum atomic E-state index is -1.74. The molecular weight excluding hydrogens is 430 g/mol. The molecule has 178 valence electrons. The summed E-state index contributed by atoms with van der Waals surface area (Å²) >= 11 is 0. The van der Waals surface area contributed by atoms with Crippen LogP contribution in [0, 0.1) is 0 Å². The number of primary amides is 1. The van der Waals surface area contributed by atoms with Crippen LogP contribution in [0.3, 0.4) is 0 Å². The fourth-order valence-corrected chi connectivity index (χ4v) is 3.21. The van der Waals surface area contributed by atoms with Crippen LogP contribution in [0.25, 0.3) is 0 Å². The number of carbonyl (C=O) groups is 3. The predicted octanol–water partition coefficient (Wildman–Crippen LogP) is -5.50. The summed E-state index contributed by atoms with van der Waals surface area (Å²) in [6, 6.07) is -1.48. The van der Waals surface area contributed by atoms with Gasteiger partial charge in [-0.25, -0.2) is 4.79 Å². The van der Waals surface area contributed by atoms with Crippen molar-refractivity contribution in [2.24, 2.45) is 5.73 Å². The van der Waals surface area contributed by atoms with Crippen molar-refractivity contribution < 1.29 is 34.4 Å². The summed E-state index contributed by atoms with van der Waals surface area (Å²) in [6.45, 7) is -0.878. The van der Waals surface area contributed by atoms with E-state index < -0.39 is 73.1 Å². The first-order chi connectivity index (χ1) is 15.1. The standard InChI is InChI=1S/C17H27N7O8/c1-20-5-11(27)21-7(6-25)15(30)23-12-8(4-10(19)26)32-16(14(29)13(12)28)24-3-2-9(18)22-17(24)31/h2-3,7-8,12-14,16,20,25,28-29H,4-6H2,1H3,(H2,19,26)(H,21,27)(H,23,30)(H2,18,22,31). The number of nitrogen functional groups attached to an aromatic ring is 1. The van der Waals surface area contributed by atoms with Crippen LogP contribution in [-0.2, 0) is 19.1 Å². The predicted molar refractivity (Wildman–Crippen MR) is 108 cm³/mol. The van der Waals surface area contributed by atoms with E-state index in [1.165, 1.54) is 19.3 Å². The molecule has 1 saturated heterocycles. The molecule has 1 aliphatic rings. The molecule has 15 nitrogen and oxygen atoms in total. The van der Waals surface area contributed by atoms with Gasteiger partial charge in [-0.2, -0.15) is 4.98 Å². The molecule has 15 heteroatoms. The van der Waals surface area contributed by atoms with Gasteiger partial charge in [-0.05, 0) is 13.1 Å². The number of aliphatic hydroxyl groups is 3. The van der Waals surface area contributed by atoms with Gasteiger partial charge in [0.05, 0.1) is 31.7 Å². The second kappa shape index (κ2) is 11.0. The molecule has 0 aromatic carbocycles. The largest absolute Gasteiger partial charge is 0.394 e. The molecule has 3 amide bonds. The van der Waals surface area contributed by atoms with E-state index in [2.05, 4.69) is 20.9 Å². The van der Waals surface area contributed by atoms with Crippen LogP contribution in [0.5, 0.6) is 0 Å². The van der Waals surface area contributed by atoms with E-state index >= 15 is 0 Å². The van der Waals surface area contributed by atoms with E-state index in [-0.39, 0.29) is 12.4 Å². The van der Waals surface area contributed by atoms with Gasteiger partial charge in [-0.15, -0.1) is 0 Å². The molecular formula is C17H27N7O8. The van der Waals surface area contributed by atoms with Crippen molar-refractivity contribution in [3.05, 3.63) is 22.7 Å². The molecule has 2 rings (SSSR count). The van der Waals surface area contributed by atoms with Crippen molar-refractivity contribution in [3.63, 3.8) is 0 Å². The first kappa shape index (κ1) is 25.2. The Hall–Kier alpha value is -3.11. The number of hydrogen-bond donors (Lipinski definition) is 8. The van der Waals surface area contributed by atoms with Gasteiger partial charge in [0.2, 0.25) is 17.7 Å². The fourth-order valence-electron chi connectivity index (χ4n) is 3.21. The van der Waals surface area contributed by atoms with Gasteiger partial charge in [0, 0.05) is 6.20 Å². The molecule has 10 N–H and O–H groups in total. The number of amides is 3. The first-order valence-corrected chi connectivity index (χ1v) is 9.58. The number of aliphatic hydroxyl groups excluding tert-OH is 3. The molecule has 1 aromatic heterocycles. The molecule has 0 aliphatic carbocycles. The van der Waals surface area contributed by atoms with Crippen LogP contribution in [0.4, 0.5) is 5.82 Å². The number of ether oxygens (including phenoxy) is 1. The Balaban J connectivity index is 2.26. The molecule has 6 atom stereocenters. The monoisotopic (exact) mass is 457 g/mol. The average molecular weight is 457 g/mol. The number of carbonyl (C=O) groups excluding carboxylic acids is 3. The molecule has 0 spiro atoms. The van der Waals surface area contributed by atoms with Gasteiger partial charge >= 0.3 is 5.69 Å². The zero-order chi connectivity index (χ0) is 24.0. The second-order valence-electron chi connectivity index (χ2n) is 7.13. The lowest BCUT2D eigenvalue weighted by Gasteiger charge is -2.43. The van der Waals surface area contributed by atoms with Crippen molar-refractivity contribution in [1.29, 1.82) is 0 Å². The third kappa shape index (κ3) is 5.98. The van der Waals surface area contributed by atoms with Gasteiger partial charge in [-0.3, -0.25) is 19.0 Å². The van der Waals surface area contributed by atoms with Crippen molar-refractivity contribution in [3.8, 4) is 0 Å². The Morgan fingerprint density at radius 2 is 2.00 bits per heavy atom. The summed E-state index contributed by atoms with van der Waals surface area (Å²) in [7, 11) is 1.51. The van der Waals surface area contributed by atoms with E-state index in [1.54, 1.807) is 0 Å². The van der Waals surface area contributed by atoms with Gasteiger partial charge in [0.1, 0.15) is 24.1 Å². The lowest BCUT2D eigenvalue weighted by Crippen LogP contribution is -2.65. The molecule has 0 saturated carbocycles. The highest BCUT2D eigenvalue weighted by Crippen LogP contribution is 2.29. The Morgan fingerprint density at radius 3 is 2.56 bits per heavy atom. The van der Waals surface area contributed by atoms with Crippen LogP contribution in [0.2, 0.25) is 0 Å². The van der Waals surface area contributed by atoms with E-state index in [4.69, 9.17) is 16.2 Å². The fraction of sp³-hybridized carbons (Fsp3) is 0.588. The van der Waals surface area contributed by atoms with Crippen LogP contribution in [0.1, 0.15) is 12.6 Å². The lowest BCUT2D eigenvalue weighted by atomic mass is 9.92. The highest BCUT2D eigenvalue weighted by molar-refractivity contribution is 5.88. The third-order valence-corrected chi connectivity index (χ3v) is 4.73. The van der Waals surface area contributed by atoms with E-state index in [0.717, 1.165) is 4.57 Å². The number of nitrogens with zero attached hydrogens (tertiary/aromatic N) is 2. The van der Waals surface area contributed by atoms with Gasteiger partial charge < -0.3 is 47.5 Å². The summed E-state index contributed by atoms with van der Waals surface area (Å²) in [5.41, 5.74) is 9.80. The molecule has 1 aliphatic heterocycles. The van der Waals surface area contributed by atoms with E-state index in [0.29, 0.717) is 0 Å². The maximum absolute atomic E-state index is 12.6. The second-order valence-corrected chi connectivity index (χ2v) is 7.13. The minimum Gasteiger partial charge on any atom is -0.394 e. The van der Waals surface area contributed by atoms with E-state index in [9.17, 15) is 34.5 Å². The zero-order valence-corrected chi connectivity index (χ0v) is 17.2. The third-order valence-electron chi connectivity index (χ3n) is 4.73. The number of aromatic nitrogens is 2. The highest BCUT2D eigenvalue weighted by atomic mass is 16.5. The Bertz CT molecular complexity index is 894. The molecule has 0 radical (unpaired) electrons. The Kier molecular flexibility index (Phi) is 8.62. The maximum Gasteiger partial charge on any atom is 0.351 e. The normalized spacial score (nSPS) is 26.2. The smallest absolute Gasteiger partial charge is 0.351 e. The van der Waals surface area contributed by atoms with Crippen LogP contribution in [-0.4, -0.2) is 93.2 Å². The number of likely N-dealkylation sites (N-methyl/N-ethyl adjacent to an activating group) is 1. The first-order valence-electron chi connectivity index (χ1n) is 9.58. The minimum absolute atomic E-state index is 0.0775. The average Bonchev–Trinajstić information content (AvgIpc) is 2.71. The summed E-state index contributed by atoms with van der Waals surface area (Å²) < 4.78 is 6.50.